The Morgan fingerprint density at radius 3 is 2.58 bits per heavy atom. The number of benzene rings is 2. The Morgan fingerprint density at radius 2 is 1.85 bits per heavy atom. The molecule has 26 heavy (non-hydrogen) atoms. The first-order valence-electron chi connectivity index (χ1n) is 9.05. The second kappa shape index (κ2) is 7.64. The highest BCUT2D eigenvalue weighted by molar-refractivity contribution is 7.20. The topological polar surface area (TPSA) is 33.2 Å². The third-order valence-corrected chi connectivity index (χ3v) is 6.14. The van der Waals surface area contributed by atoms with Crippen LogP contribution in [-0.4, -0.2) is 35.3 Å². The van der Waals surface area contributed by atoms with Crippen LogP contribution in [-0.2, 0) is 6.42 Å². The number of likely N-dealkylation sites (tertiary alicyclic amines) is 1. The van der Waals surface area contributed by atoms with Crippen LogP contribution in [0.2, 0.25) is 0 Å². The Labute approximate surface area is 156 Å². The van der Waals surface area contributed by atoms with Gasteiger partial charge in [-0.25, -0.2) is 9.37 Å². The first kappa shape index (κ1) is 17.3. The van der Waals surface area contributed by atoms with E-state index < -0.39 is 0 Å². The molecule has 0 unspecified atom stereocenters. The van der Waals surface area contributed by atoms with Gasteiger partial charge in [-0.05, 0) is 62.2 Å². The number of ketones is 1. The largest absolute Gasteiger partial charge is 0.303 e. The van der Waals surface area contributed by atoms with Crippen molar-refractivity contribution in [1.82, 2.24) is 9.88 Å². The fraction of sp³-hybridized carbons (Fsp3) is 0.333. The number of halogens is 1. The number of aromatic nitrogens is 1. The van der Waals surface area contributed by atoms with Crippen molar-refractivity contribution >= 4 is 27.3 Å². The van der Waals surface area contributed by atoms with Crippen molar-refractivity contribution < 1.29 is 9.18 Å². The molecule has 0 N–H and O–H groups in total. The summed E-state index contributed by atoms with van der Waals surface area (Å²) in [5.41, 5.74) is 2.07. The monoisotopic (exact) mass is 368 g/mol. The minimum absolute atomic E-state index is 0.0811. The average molecular weight is 368 g/mol. The predicted molar refractivity (Wildman–Crippen MR) is 103 cm³/mol. The predicted octanol–water partition coefficient (Wildman–Crippen LogP) is 4.57. The first-order valence-corrected chi connectivity index (χ1v) is 9.87. The Hall–Kier alpha value is -2.11. The van der Waals surface area contributed by atoms with Crippen LogP contribution >= 0.6 is 11.3 Å². The summed E-state index contributed by atoms with van der Waals surface area (Å²) in [4.78, 5) is 19.7. The van der Waals surface area contributed by atoms with Gasteiger partial charge >= 0.3 is 0 Å². The van der Waals surface area contributed by atoms with E-state index in [4.69, 9.17) is 0 Å². The van der Waals surface area contributed by atoms with E-state index in [2.05, 4.69) is 9.88 Å². The number of Topliss-reactive ketones (excluding diaryl/α,β-unsaturated/α-hetero) is 1. The van der Waals surface area contributed by atoms with E-state index in [0.29, 0.717) is 5.01 Å². The molecule has 1 aliphatic rings. The third-order valence-electron chi connectivity index (χ3n) is 5.09. The molecule has 0 atom stereocenters. The summed E-state index contributed by atoms with van der Waals surface area (Å²) in [6.45, 7) is 2.82. The molecule has 0 spiro atoms. The number of fused-ring (bicyclic) bond motifs is 1. The van der Waals surface area contributed by atoms with Crippen LogP contribution in [0, 0.1) is 11.7 Å². The van der Waals surface area contributed by atoms with Crippen molar-refractivity contribution in [2.75, 3.05) is 19.6 Å². The fourth-order valence-electron chi connectivity index (χ4n) is 3.51. The van der Waals surface area contributed by atoms with Crippen LogP contribution in [0.1, 0.15) is 28.2 Å². The van der Waals surface area contributed by atoms with Crippen LogP contribution in [0.3, 0.4) is 0 Å². The lowest BCUT2D eigenvalue weighted by Gasteiger charge is -2.30. The van der Waals surface area contributed by atoms with Crippen molar-refractivity contribution in [3.05, 3.63) is 64.9 Å². The molecular formula is C21H21FN2OS. The Bertz CT molecular complexity index is 865. The molecule has 0 amide bonds. The quantitative estimate of drug-likeness (QED) is 0.619. The second-order valence-electron chi connectivity index (χ2n) is 6.84. The number of hydrogen-bond acceptors (Lipinski definition) is 4. The van der Waals surface area contributed by atoms with Gasteiger partial charge in [0.2, 0.25) is 0 Å². The molecule has 1 saturated heterocycles. The van der Waals surface area contributed by atoms with Crippen molar-refractivity contribution in [2.45, 2.75) is 19.3 Å². The third kappa shape index (κ3) is 3.84. The van der Waals surface area contributed by atoms with Crippen LogP contribution in [0.25, 0.3) is 10.2 Å². The highest BCUT2D eigenvalue weighted by atomic mass is 32.1. The Morgan fingerprint density at radius 1 is 1.12 bits per heavy atom. The van der Waals surface area contributed by atoms with Gasteiger partial charge in [-0.1, -0.05) is 24.3 Å². The molecule has 1 fully saturated rings. The normalized spacial score (nSPS) is 16.2. The first-order chi connectivity index (χ1) is 12.7. The highest BCUT2D eigenvalue weighted by Crippen LogP contribution is 2.27. The number of piperidine rings is 1. The van der Waals surface area contributed by atoms with E-state index in [0.717, 1.165) is 54.7 Å². The lowest BCUT2D eigenvalue weighted by Crippen LogP contribution is -2.37. The van der Waals surface area contributed by atoms with Crippen molar-refractivity contribution in [3.63, 3.8) is 0 Å². The molecule has 3 aromatic rings. The number of nitrogens with zero attached hydrogens (tertiary/aromatic N) is 2. The molecule has 1 aromatic heterocycles. The van der Waals surface area contributed by atoms with Gasteiger partial charge in [-0.2, -0.15) is 0 Å². The number of carbonyl (C=O) groups is 1. The molecule has 0 aliphatic carbocycles. The number of hydrogen-bond donors (Lipinski definition) is 0. The van der Waals surface area contributed by atoms with Crippen molar-refractivity contribution in [2.24, 2.45) is 5.92 Å². The molecule has 0 bridgehead atoms. The molecule has 3 nitrogen and oxygen atoms in total. The SMILES string of the molecule is O=C(c1nc2ccccc2s1)C1CCN(CCc2ccc(F)cc2)CC1. The maximum absolute atomic E-state index is 13.0. The number of para-hydroxylation sites is 1. The highest BCUT2D eigenvalue weighted by Gasteiger charge is 2.27. The summed E-state index contributed by atoms with van der Waals surface area (Å²) in [5.74, 6) is 0.0879. The smallest absolute Gasteiger partial charge is 0.194 e. The van der Waals surface area contributed by atoms with Crippen LogP contribution < -0.4 is 0 Å². The summed E-state index contributed by atoms with van der Waals surface area (Å²) in [5, 5.41) is 0.649. The Kier molecular flexibility index (Phi) is 5.09. The van der Waals surface area contributed by atoms with E-state index in [9.17, 15) is 9.18 Å². The van der Waals surface area contributed by atoms with Crippen LogP contribution in [0.15, 0.2) is 48.5 Å². The van der Waals surface area contributed by atoms with Gasteiger partial charge in [0.15, 0.2) is 10.8 Å². The molecule has 134 valence electrons. The molecule has 2 heterocycles. The van der Waals surface area contributed by atoms with Gasteiger partial charge < -0.3 is 4.90 Å². The van der Waals surface area contributed by atoms with E-state index in [-0.39, 0.29) is 17.5 Å². The number of carbonyl (C=O) groups excluding carboxylic acids is 1. The zero-order chi connectivity index (χ0) is 17.9. The molecule has 1 aliphatic heterocycles. The molecular weight excluding hydrogens is 347 g/mol. The molecule has 2 aromatic carbocycles. The van der Waals surface area contributed by atoms with E-state index in [1.54, 1.807) is 0 Å². The minimum atomic E-state index is -0.192. The number of rotatable bonds is 5. The van der Waals surface area contributed by atoms with E-state index in [1.165, 1.54) is 23.5 Å². The van der Waals surface area contributed by atoms with Crippen molar-refractivity contribution in [1.29, 1.82) is 0 Å². The van der Waals surface area contributed by atoms with Crippen molar-refractivity contribution in [3.8, 4) is 0 Å². The van der Waals surface area contributed by atoms with Crippen LogP contribution in [0.5, 0.6) is 0 Å². The molecule has 0 saturated carbocycles. The Balaban J connectivity index is 1.31. The minimum Gasteiger partial charge on any atom is -0.303 e. The summed E-state index contributed by atoms with van der Waals surface area (Å²) in [6.07, 6.45) is 2.69. The summed E-state index contributed by atoms with van der Waals surface area (Å²) >= 11 is 1.50. The summed E-state index contributed by atoms with van der Waals surface area (Å²) < 4.78 is 14.0. The van der Waals surface area contributed by atoms with Gasteiger partial charge in [0, 0.05) is 12.5 Å². The number of thiazole rings is 1. The molecule has 5 heteroatoms. The molecule has 4 rings (SSSR count). The lowest BCUT2D eigenvalue weighted by molar-refractivity contribution is 0.0841. The van der Waals surface area contributed by atoms with Gasteiger partial charge in [0.25, 0.3) is 0 Å². The fourth-order valence-corrected chi connectivity index (χ4v) is 4.49. The van der Waals surface area contributed by atoms with Gasteiger partial charge in [0.05, 0.1) is 10.2 Å². The van der Waals surface area contributed by atoms with Gasteiger partial charge in [-0.15, -0.1) is 11.3 Å². The van der Waals surface area contributed by atoms with E-state index >= 15 is 0 Å². The zero-order valence-corrected chi connectivity index (χ0v) is 15.3. The standard InChI is InChI=1S/C21H21FN2OS/c22-17-7-5-15(6-8-17)9-12-24-13-10-16(11-14-24)20(25)21-23-18-3-1-2-4-19(18)26-21/h1-8,16H,9-14H2. The summed E-state index contributed by atoms with van der Waals surface area (Å²) in [6, 6.07) is 14.6. The average Bonchev–Trinajstić information content (AvgIpc) is 3.12. The zero-order valence-electron chi connectivity index (χ0n) is 14.5. The van der Waals surface area contributed by atoms with Crippen LogP contribution in [0.4, 0.5) is 4.39 Å². The maximum Gasteiger partial charge on any atom is 0.194 e. The van der Waals surface area contributed by atoms with Gasteiger partial charge in [-0.3, -0.25) is 4.79 Å². The summed E-state index contributed by atoms with van der Waals surface area (Å²) in [7, 11) is 0. The molecule has 0 radical (unpaired) electrons. The maximum atomic E-state index is 13.0. The second-order valence-corrected chi connectivity index (χ2v) is 7.87. The van der Waals surface area contributed by atoms with Gasteiger partial charge in [0.1, 0.15) is 5.82 Å². The lowest BCUT2D eigenvalue weighted by atomic mass is 9.92. The van der Waals surface area contributed by atoms with E-state index in [1.807, 2.05) is 36.4 Å².